The molecule has 0 unspecified atom stereocenters. The number of amides is 1. The van der Waals surface area contributed by atoms with E-state index in [1.165, 1.54) is 11.0 Å². The van der Waals surface area contributed by atoms with Gasteiger partial charge in [0.05, 0.1) is 0 Å². The standard InChI is InChI=1S/C15H16N2O5S3/c1-9-7-12(24-13(9)14(18)19)25(21,22)16-10-5-4-6-11(8-10)23-15(20)17(2)3/h4-8,16H,1-3H3,(H,18,19). The molecule has 7 nitrogen and oxygen atoms in total. The molecule has 2 N–H and O–H groups in total. The summed E-state index contributed by atoms with van der Waals surface area (Å²) in [5.41, 5.74) is 0.679. The lowest BCUT2D eigenvalue weighted by atomic mass is 10.3. The monoisotopic (exact) mass is 400 g/mol. The van der Waals surface area contributed by atoms with Crippen LogP contribution in [0.1, 0.15) is 15.2 Å². The first-order chi connectivity index (χ1) is 11.6. The zero-order chi connectivity index (χ0) is 18.8. The van der Waals surface area contributed by atoms with Crippen LogP contribution in [-0.4, -0.2) is 43.7 Å². The van der Waals surface area contributed by atoms with Gasteiger partial charge in [-0.05, 0) is 48.5 Å². The second kappa shape index (κ2) is 7.46. The first kappa shape index (κ1) is 19.3. The third-order valence-corrected chi connectivity index (χ3v) is 7.12. The van der Waals surface area contributed by atoms with Gasteiger partial charge >= 0.3 is 5.97 Å². The Morgan fingerprint density at radius 1 is 1.24 bits per heavy atom. The smallest absolute Gasteiger partial charge is 0.346 e. The largest absolute Gasteiger partial charge is 0.477 e. The summed E-state index contributed by atoms with van der Waals surface area (Å²) in [6, 6.07) is 7.75. The summed E-state index contributed by atoms with van der Waals surface area (Å²) >= 11 is 1.67. The Balaban J connectivity index is 2.25. The number of aromatic carboxylic acids is 1. The minimum atomic E-state index is -3.91. The molecule has 1 heterocycles. The zero-order valence-corrected chi connectivity index (χ0v) is 16.1. The van der Waals surface area contributed by atoms with E-state index in [0.29, 0.717) is 27.5 Å². The van der Waals surface area contributed by atoms with Gasteiger partial charge in [-0.3, -0.25) is 9.52 Å². The van der Waals surface area contributed by atoms with Crippen molar-refractivity contribution >= 4 is 50.0 Å². The molecule has 0 aliphatic carbocycles. The molecule has 134 valence electrons. The quantitative estimate of drug-likeness (QED) is 0.746. The van der Waals surface area contributed by atoms with Gasteiger partial charge in [-0.2, -0.15) is 0 Å². The van der Waals surface area contributed by atoms with Gasteiger partial charge in [0.25, 0.3) is 15.3 Å². The van der Waals surface area contributed by atoms with E-state index in [1.54, 1.807) is 45.3 Å². The van der Waals surface area contributed by atoms with Crippen molar-refractivity contribution in [2.24, 2.45) is 0 Å². The summed E-state index contributed by atoms with van der Waals surface area (Å²) in [4.78, 5) is 24.8. The van der Waals surface area contributed by atoms with E-state index in [4.69, 9.17) is 5.11 Å². The summed E-state index contributed by atoms with van der Waals surface area (Å²) < 4.78 is 27.2. The van der Waals surface area contributed by atoms with Crippen LogP contribution < -0.4 is 4.72 Å². The Kier molecular flexibility index (Phi) is 5.76. The van der Waals surface area contributed by atoms with E-state index >= 15 is 0 Å². The third-order valence-electron chi connectivity index (χ3n) is 3.01. The average molecular weight is 401 g/mol. The van der Waals surface area contributed by atoms with Crippen molar-refractivity contribution in [1.82, 2.24) is 4.90 Å². The van der Waals surface area contributed by atoms with Crippen molar-refractivity contribution in [3.63, 3.8) is 0 Å². The van der Waals surface area contributed by atoms with E-state index < -0.39 is 16.0 Å². The molecule has 1 aromatic heterocycles. The summed E-state index contributed by atoms with van der Waals surface area (Å²) in [6.07, 6.45) is 0. The molecule has 1 amide bonds. The Bertz CT molecular complexity index is 919. The summed E-state index contributed by atoms with van der Waals surface area (Å²) in [7, 11) is -0.657. The number of sulfonamides is 1. The SMILES string of the molecule is Cc1cc(S(=O)(=O)Nc2cccc(SC(=O)N(C)C)c2)sc1C(=O)O. The van der Waals surface area contributed by atoms with Crippen LogP contribution in [0.15, 0.2) is 39.4 Å². The van der Waals surface area contributed by atoms with E-state index in [9.17, 15) is 18.0 Å². The molecule has 0 atom stereocenters. The van der Waals surface area contributed by atoms with Crippen molar-refractivity contribution < 1.29 is 23.1 Å². The molecule has 1 aromatic carbocycles. The minimum Gasteiger partial charge on any atom is -0.477 e. The van der Waals surface area contributed by atoms with Gasteiger partial charge in [0, 0.05) is 24.7 Å². The Labute approximate surface area is 153 Å². The number of aryl methyl sites for hydroxylation is 1. The molecule has 0 aliphatic heterocycles. The lowest BCUT2D eigenvalue weighted by Gasteiger charge is -2.10. The van der Waals surface area contributed by atoms with Gasteiger partial charge in [-0.25, -0.2) is 13.2 Å². The molecule has 0 radical (unpaired) electrons. The predicted octanol–water partition coefficient (Wildman–Crippen LogP) is 3.33. The summed E-state index contributed by atoms with van der Waals surface area (Å²) in [5, 5.41) is 8.88. The summed E-state index contributed by atoms with van der Waals surface area (Å²) in [5.74, 6) is -1.16. The number of thioether (sulfide) groups is 1. The zero-order valence-electron chi connectivity index (χ0n) is 13.6. The Hall–Kier alpha value is -2.04. The number of carbonyl (C=O) groups excluding carboxylic acids is 1. The number of anilines is 1. The maximum Gasteiger partial charge on any atom is 0.346 e. The van der Waals surface area contributed by atoms with Crippen molar-refractivity contribution in [3.05, 3.63) is 40.8 Å². The molecule has 0 fully saturated rings. The number of carboxylic acids is 1. The minimum absolute atomic E-state index is 0.0127. The first-order valence-corrected chi connectivity index (χ1v) is 10.1. The first-order valence-electron chi connectivity index (χ1n) is 6.96. The molecule has 0 bridgehead atoms. The fourth-order valence-corrected chi connectivity index (χ4v) is 4.96. The highest BCUT2D eigenvalue weighted by Crippen LogP contribution is 2.29. The van der Waals surface area contributed by atoms with E-state index in [0.717, 1.165) is 11.8 Å². The molecular weight excluding hydrogens is 384 g/mol. The van der Waals surface area contributed by atoms with Gasteiger partial charge in [-0.1, -0.05) is 6.07 Å². The van der Waals surface area contributed by atoms with E-state index in [2.05, 4.69) is 4.72 Å². The highest BCUT2D eigenvalue weighted by atomic mass is 32.2. The Morgan fingerprint density at radius 3 is 2.48 bits per heavy atom. The lowest BCUT2D eigenvalue weighted by Crippen LogP contribution is -2.16. The highest BCUT2D eigenvalue weighted by Gasteiger charge is 2.22. The van der Waals surface area contributed by atoms with Gasteiger partial charge in [0.1, 0.15) is 9.09 Å². The van der Waals surface area contributed by atoms with Crippen LogP contribution in [-0.2, 0) is 10.0 Å². The van der Waals surface area contributed by atoms with Crippen LogP contribution >= 0.6 is 23.1 Å². The average Bonchev–Trinajstić information content (AvgIpc) is 2.90. The number of benzene rings is 1. The van der Waals surface area contributed by atoms with Crippen molar-refractivity contribution in [1.29, 1.82) is 0 Å². The molecule has 2 aromatic rings. The van der Waals surface area contributed by atoms with Gasteiger partial charge in [0.2, 0.25) is 0 Å². The fraction of sp³-hybridized carbons (Fsp3) is 0.200. The van der Waals surface area contributed by atoms with E-state index in [1.807, 2.05) is 0 Å². The third kappa shape index (κ3) is 4.74. The molecule has 2 rings (SSSR count). The number of nitrogens with one attached hydrogen (secondary N) is 1. The fourth-order valence-electron chi connectivity index (χ4n) is 1.82. The predicted molar refractivity (Wildman–Crippen MR) is 98.2 cm³/mol. The van der Waals surface area contributed by atoms with Gasteiger partial charge in [0.15, 0.2) is 0 Å². The molecule has 0 saturated carbocycles. The number of rotatable bonds is 5. The van der Waals surface area contributed by atoms with Crippen LogP contribution in [0.25, 0.3) is 0 Å². The van der Waals surface area contributed by atoms with Gasteiger partial charge < -0.3 is 10.0 Å². The maximum atomic E-state index is 12.5. The van der Waals surface area contributed by atoms with Crippen molar-refractivity contribution in [2.45, 2.75) is 16.0 Å². The van der Waals surface area contributed by atoms with Crippen LogP contribution in [0.2, 0.25) is 0 Å². The lowest BCUT2D eigenvalue weighted by molar-refractivity contribution is 0.0701. The topological polar surface area (TPSA) is 104 Å². The van der Waals surface area contributed by atoms with Crippen molar-refractivity contribution in [3.8, 4) is 0 Å². The van der Waals surface area contributed by atoms with Crippen LogP contribution in [0.3, 0.4) is 0 Å². The normalized spacial score (nSPS) is 11.2. The van der Waals surface area contributed by atoms with Crippen molar-refractivity contribution in [2.75, 3.05) is 18.8 Å². The number of nitrogens with zero attached hydrogens (tertiary/aromatic N) is 1. The number of carbonyl (C=O) groups is 2. The second-order valence-corrected chi connectivity index (χ2v) is 9.26. The molecule has 0 spiro atoms. The van der Waals surface area contributed by atoms with Crippen LogP contribution in [0.4, 0.5) is 10.5 Å². The maximum absolute atomic E-state index is 12.5. The number of thiophene rings is 1. The summed E-state index contributed by atoms with van der Waals surface area (Å²) in [6.45, 7) is 1.54. The second-order valence-electron chi connectivity index (χ2n) is 5.28. The number of hydrogen-bond acceptors (Lipinski definition) is 6. The molecule has 10 heteroatoms. The number of carboxylic acid groups (broad SMARTS) is 1. The molecule has 0 saturated heterocycles. The van der Waals surface area contributed by atoms with Gasteiger partial charge in [-0.15, -0.1) is 11.3 Å². The molecular formula is C15H16N2O5S3. The highest BCUT2D eigenvalue weighted by molar-refractivity contribution is 8.13. The van der Waals surface area contributed by atoms with E-state index in [-0.39, 0.29) is 14.3 Å². The Morgan fingerprint density at radius 2 is 1.92 bits per heavy atom. The number of hydrogen-bond donors (Lipinski definition) is 2. The molecule has 0 aliphatic rings. The van der Waals surface area contributed by atoms with Crippen LogP contribution in [0, 0.1) is 6.92 Å². The molecule has 25 heavy (non-hydrogen) atoms. The van der Waals surface area contributed by atoms with Crippen LogP contribution in [0.5, 0.6) is 0 Å².